The van der Waals surface area contributed by atoms with E-state index < -0.39 is 12.0 Å². The lowest BCUT2D eigenvalue weighted by molar-refractivity contribution is -0.139. The minimum Gasteiger partial charge on any atom is -0.480 e. The number of aliphatic carboxylic acids is 1. The normalized spacial score (nSPS) is 11.9. The van der Waals surface area contributed by atoms with Crippen LogP contribution in [0.1, 0.15) is 52.9 Å². The topological polar surface area (TPSA) is 69.6 Å². The van der Waals surface area contributed by atoms with Crippen molar-refractivity contribution in [2.75, 3.05) is 13.1 Å². The SMILES string of the molecule is CCCC[C@H](NC(=O)N(CC)CCCC)C(=O)O. The van der Waals surface area contributed by atoms with Crippen LogP contribution in [0, 0.1) is 0 Å². The summed E-state index contributed by atoms with van der Waals surface area (Å²) in [5, 5.41) is 11.6. The van der Waals surface area contributed by atoms with Crippen molar-refractivity contribution in [1.82, 2.24) is 10.2 Å². The van der Waals surface area contributed by atoms with Crippen molar-refractivity contribution in [3.63, 3.8) is 0 Å². The molecule has 0 rings (SSSR count). The van der Waals surface area contributed by atoms with E-state index in [0.29, 0.717) is 19.5 Å². The molecule has 0 fully saturated rings. The highest BCUT2D eigenvalue weighted by Gasteiger charge is 2.21. The highest BCUT2D eigenvalue weighted by atomic mass is 16.4. The largest absolute Gasteiger partial charge is 0.480 e. The fourth-order valence-corrected chi connectivity index (χ4v) is 1.66. The van der Waals surface area contributed by atoms with Gasteiger partial charge in [0.2, 0.25) is 0 Å². The molecule has 0 aliphatic heterocycles. The molecule has 0 aliphatic carbocycles. The Kier molecular flexibility index (Phi) is 9.06. The van der Waals surface area contributed by atoms with E-state index in [2.05, 4.69) is 12.2 Å². The molecule has 0 aromatic heterocycles. The fourth-order valence-electron chi connectivity index (χ4n) is 1.66. The molecule has 1 atom stereocenters. The number of carbonyl (C=O) groups excluding carboxylic acids is 1. The van der Waals surface area contributed by atoms with Gasteiger partial charge in [-0.1, -0.05) is 33.1 Å². The first-order valence-electron chi connectivity index (χ1n) is 6.84. The molecule has 5 heteroatoms. The van der Waals surface area contributed by atoms with Crippen molar-refractivity contribution in [1.29, 1.82) is 0 Å². The minimum absolute atomic E-state index is 0.269. The molecule has 0 bridgehead atoms. The zero-order chi connectivity index (χ0) is 14.0. The van der Waals surface area contributed by atoms with Crippen LogP contribution >= 0.6 is 0 Å². The van der Waals surface area contributed by atoms with Crippen molar-refractivity contribution in [2.24, 2.45) is 0 Å². The summed E-state index contributed by atoms with van der Waals surface area (Å²) in [5.41, 5.74) is 0. The number of carbonyl (C=O) groups is 2. The molecule has 0 spiro atoms. The summed E-state index contributed by atoms with van der Waals surface area (Å²) in [5.74, 6) is -0.955. The molecule has 0 aliphatic rings. The standard InChI is InChI=1S/C13H26N2O3/c1-4-7-9-11(12(16)17)14-13(18)15(6-3)10-8-5-2/h11H,4-10H2,1-3H3,(H,14,18)(H,16,17)/t11-/m0/s1. The molecule has 5 nitrogen and oxygen atoms in total. The summed E-state index contributed by atoms with van der Waals surface area (Å²) in [6.07, 6.45) is 4.17. The zero-order valence-electron chi connectivity index (χ0n) is 11.7. The molecule has 2 N–H and O–H groups in total. The molecule has 18 heavy (non-hydrogen) atoms. The van der Waals surface area contributed by atoms with Crippen molar-refractivity contribution in [3.05, 3.63) is 0 Å². The van der Waals surface area contributed by atoms with E-state index in [1.807, 2.05) is 13.8 Å². The Morgan fingerprint density at radius 3 is 2.22 bits per heavy atom. The van der Waals surface area contributed by atoms with Gasteiger partial charge in [-0.25, -0.2) is 9.59 Å². The summed E-state index contributed by atoms with van der Waals surface area (Å²) in [6, 6.07) is -1.04. The van der Waals surface area contributed by atoms with E-state index in [1.54, 1.807) is 4.90 Å². The Labute approximate surface area is 110 Å². The Morgan fingerprint density at radius 1 is 1.17 bits per heavy atom. The van der Waals surface area contributed by atoms with Gasteiger partial charge in [-0.3, -0.25) is 0 Å². The van der Waals surface area contributed by atoms with Gasteiger partial charge in [0, 0.05) is 13.1 Å². The Morgan fingerprint density at radius 2 is 1.78 bits per heavy atom. The molecule has 2 amide bonds. The number of hydrogen-bond acceptors (Lipinski definition) is 2. The van der Waals surface area contributed by atoms with Gasteiger partial charge >= 0.3 is 12.0 Å². The van der Waals surface area contributed by atoms with Crippen LogP contribution in [-0.4, -0.2) is 41.1 Å². The smallest absolute Gasteiger partial charge is 0.326 e. The second-order valence-corrected chi connectivity index (χ2v) is 4.42. The van der Waals surface area contributed by atoms with Gasteiger partial charge in [-0.15, -0.1) is 0 Å². The molecular weight excluding hydrogens is 232 g/mol. The van der Waals surface area contributed by atoms with Crippen LogP contribution in [0.2, 0.25) is 0 Å². The van der Waals surface area contributed by atoms with Gasteiger partial charge in [0.1, 0.15) is 6.04 Å². The van der Waals surface area contributed by atoms with E-state index in [4.69, 9.17) is 5.11 Å². The number of rotatable bonds is 9. The maximum Gasteiger partial charge on any atom is 0.326 e. The molecule has 106 valence electrons. The summed E-state index contributed by atoms with van der Waals surface area (Å²) < 4.78 is 0. The average Bonchev–Trinajstić information content (AvgIpc) is 2.34. The second kappa shape index (κ2) is 9.74. The second-order valence-electron chi connectivity index (χ2n) is 4.42. The van der Waals surface area contributed by atoms with Crippen LogP contribution in [0.25, 0.3) is 0 Å². The number of carboxylic acid groups (broad SMARTS) is 1. The van der Waals surface area contributed by atoms with Gasteiger partial charge in [0.25, 0.3) is 0 Å². The minimum atomic E-state index is -0.955. The number of carboxylic acids is 1. The van der Waals surface area contributed by atoms with Crippen molar-refractivity contribution < 1.29 is 14.7 Å². The third-order valence-electron chi connectivity index (χ3n) is 2.89. The molecule has 0 saturated carbocycles. The van der Waals surface area contributed by atoms with E-state index in [9.17, 15) is 9.59 Å². The van der Waals surface area contributed by atoms with Crippen molar-refractivity contribution in [2.45, 2.75) is 58.9 Å². The predicted molar refractivity (Wildman–Crippen MR) is 71.6 cm³/mol. The van der Waals surface area contributed by atoms with Crippen LogP contribution in [-0.2, 0) is 4.79 Å². The zero-order valence-corrected chi connectivity index (χ0v) is 11.7. The summed E-state index contributed by atoms with van der Waals surface area (Å²) >= 11 is 0. The maximum absolute atomic E-state index is 11.9. The molecule has 0 radical (unpaired) electrons. The van der Waals surface area contributed by atoms with Gasteiger partial charge < -0.3 is 15.3 Å². The lowest BCUT2D eigenvalue weighted by Crippen LogP contribution is -2.48. The first-order chi connectivity index (χ1) is 8.56. The average molecular weight is 258 g/mol. The highest BCUT2D eigenvalue weighted by Crippen LogP contribution is 2.03. The Bertz CT molecular complexity index is 257. The van der Waals surface area contributed by atoms with E-state index in [-0.39, 0.29) is 6.03 Å². The van der Waals surface area contributed by atoms with Crippen LogP contribution in [0.5, 0.6) is 0 Å². The summed E-state index contributed by atoms with van der Waals surface area (Å²) in [6.45, 7) is 7.25. The van der Waals surface area contributed by atoms with E-state index >= 15 is 0 Å². The number of urea groups is 1. The van der Waals surface area contributed by atoms with E-state index in [1.165, 1.54) is 0 Å². The monoisotopic (exact) mass is 258 g/mol. The molecule has 0 heterocycles. The lowest BCUT2D eigenvalue weighted by atomic mass is 10.1. The summed E-state index contributed by atoms with van der Waals surface area (Å²) in [4.78, 5) is 24.6. The molecular formula is C13H26N2O3. The number of nitrogens with zero attached hydrogens (tertiary/aromatic N) is 1. The highest BCUT2D eigenvalue weighted by molar-refractivity contribution is 5.82. The Hall–Kier alpha value is -1.26. The fraction of sp³-hybridized carbons (Fsp3) is 0.846. The maximum atomic E-state index is 11.9. The van der Waals surface area contributed by atoms with Gasteiger partial charge in [-0.2, -0.15) is 0 Å². The first-order valence-corrected chi connectivity index (χ1v) is 6.84. The van der Waals surface area contributed by atoms with Gasteiger partial charge in [0.05, 0.1) is 0 Å². The number of nitrogens with one attached hydrogen (secondary N) is 1. The van der Waals surface area contributed by atoms with E-state index in [0.717, 1.165) is 25.7 Å². The molecule has 0 unspecified atom stereocenters. The molecule has 0 saturated heterocycles. The van der Waals surface area contributed by atoms with Crippen LogP contribution < -0.4 is 5.32 Å². The lowest BCUT2D eigenvalue weighted by Gasteiger charge is -2.23. The number of amides is 2. The van der Waals surface area contributed by atoms with Gasteiger partial charge in [0.15, 0.2) is 0 Å². The predicted octanol–water partition coefficient (Wildman–Crippen LogP) is 2.46. The number of hydrogen-bond donors (Lipinski definition) is 2. The van der Waals surface area contributed by atoms with Crippen molar-refractivity contribution in [3.8, 4) is 0 Å². The third kappa shape index (κ3) is 6.47. The first kappa shape index (κ1) is 16.7. The van der Waals surface area contributed by atoms with Crippen LogP contribution in [0.4, 0.5) is 4.79 Å². The van der Waals surface area contributed by atoms with Crippen LogP contribution in [0.3, 0.4) is 0 Å². The summed E-state index contributed by atoms with van der Waals surface area (Å²) in [7, 11) is 0. The molecule has 0 aromatic rings. The van der Waals surface area contributed by atoms with Crippen LogP contribution in [0.15, 0.2) is 0 Å². The van der Waals surface area contributed by atoms with Crippen molar-refractivity contribution >= 4 is 12.0 Å². The quantitative estimate of drug-likeness (QED) is 0.667. The molecule has 0 aromatic carbocycles. The number of unbranched alkanes of at least 4 members (excludes halogenated alkanes) is 2. The third-order valence-corrected chi connectivity index (χ3v) is 2.89. The Balaban J connectivity index is 4.32. The van der Waals surface area contributed by atoms with Gasteiger partial charge in [-0.05, 0) is 19.8 Å².